The first-order valence-electron chi connectivity index (χ1n) is 11.3. The van der Waals surface area contributed by atoms with Crippen molar-refractivity contribution in [1.29, 1.82) is 5.26 Å². The van der Waals surface area contributed by atoms with Gasteiger partial charge in [-0.1, -0.05) is 38.5 Å². The summed E-state index contributed by atoms with van der Waals surface area (Å²) in [6.45, 7) is 4.11. The summed E-state index contributed by atoms with van der Waals surface area (Å²) in [4.78, 5) is 28.0. The molecule has 0 unspecified atom stereocenters. The van der Waals surface area contributed by atoms with Gasteiger partial charge in [-0.2, -0.15) is 5.26 Å². The van der Waals surface area contributed by atoms with Crippen molar-refractivity contribution in [3.63, 3.8) is 0 Å². The Bertz CT molecular complexity index is 768. The van der Waals surface area contributed by atoms with Crippen LogP contribution in [0.15, 0.2) is 0 Å². The summed E-state index contributed by atoms with van der Waals surface area (Å²) in [5, 5.41) is 13.0. The molecule has 0 radical (unpaired) electrons. The first-order valence-corrected chi connectivity index (χ1v) is 12.1. The molecule has 0 saturated heterocycles. The van der Waals surface area contributed by atoms with Crippen molar-refractivity contribution in [2.45, 2.75) is 90.1 Å². The van der Waals surface area contributed by atoms with Gasteiger partial charge < -0.3 is 10.1 Å². The quantitative estimate of drug-likeness (QED) is 0.614. The maximum atomic E-state index is 13.0. The highest BCUT2D eigenvalue weighted by atomic mass is 32.1. The molecule has 3 rings (SSSR count). The Morgan fingerprint density at radius 1 is 1.10 bits per heavy atom. The molecule has 0 atom stereocenters. The van der Waals surface area contributed by atoms with Crippen LogP contribution < -0.4 is 5.32 Å². The number of rotatable bonds is 7. The second-order valence-electron chi connectivity index (χ2n) is 8.40. The molecule has 164 valence electrons. The van der Waals surface area contributed by atoms with Crippen LogP contribution in [0.3, 0.4) is 0 Å². The second-order valence-corrected chi connectivity index (χ2v) is 9.42. The molecule has 1 aromatic rings. The summed E-state index contributed by atoms with van der Waals surface area (Å²) < 4.78 is 5.09. The molecule has 30 heavy (non-hydrogen) atoms. The summed E-state index contributed by atoms with van der Waals surface area (Å²) >= 11 is 1.14. The van der Waals surface area contributed by atoms with Crippen LogP contribution in [-0.2, 0) is 9.53 Å². The summed E-state index contributed by atoms with van der Waals surface area (Å²) in [5.41, 5.74) is 0.936. The molecule has 2 fully saturated rings. The number of hydrogen-bond acceptors (Lipinski definition) is 6. The number of hydrogen-bond donors (Lipinski definition) is 1. The van der Waals surface area contributed by atoms with Gasteiger partial charge in [-0.3, -0.25) is 9.69 Å². The molecule has 2 aliphatic carbocycles. The van der Waals surface area contributed by atoms with Gasteiger partial charge >= 0.3 is 5.97 Å². The van der Waals surface area contributed by atoms with Gasteiger partial charge in [-0.05, 0) is 45.1 Å². The highest BCUT2D eigenvalue weighted by Crippen LogP contribution is 2.34. The van der Waals surface area contributed by atoms with Gasteiger partial charge in [-0.25, -0.2) is 4.79 Å². The topological polar surface area (TPSA) is 82.4 Å². The van der Waals surface area contributed by atoms with Crippen molar-refractivity contribution in [2.75, 3.05) is 18.5 Å². The van der Waals surface area contributed by atoms with E-state index < -0.39 is 5.97 Å². The maximum absolute atomic E-state index is 13.0. The van der Waals surface area contributed by atoms with E-state index in [1.807, 2.05) is 0 Å². The maximum Gasteiger partial charge on any atom is 0.348 e. The Morgan fingerprint density at radius 2 is 1.67 bits per heavy atom. The molecule has 2 aliphatic rings. The fourth-order valence-corrected chi connectivity index (χ4v) is 5.91. The van der Waals surface area contributed by atoms with Crippen molar-refractivity contribution in [3.05, 3.63) is 16.0 Å². The number of ether oxygens (including phenoxy) is 1. The predicted molar refractivity (Wildman–Crippen MR) is 119 cm³/mol. The lowest BCUT2D eigenvalue weighted by molar-refractivity contribution is -0.119. The van der Waals surface area contributed by atoms with Crippen LogP contribution in [0.2, 0.25) is 0 Å². The lowest BCUT2D eigenvalue weighted by Crippen LogP contribution is -2.48. The lowest BCUT2D eigenvalue weighted by atomic mass is 9.88. The summed E-state index contributed by atoms with van der Waals surface area (Å²) in [7, 11) is 0. The van der Waals surface area contributed by atoms with Gasteiger partial charge in [0, 0.05) is 12.1 Å². The van der Waals surface area contributed by atoms with E-state index >= 15 is 0 Å². The van der Waals surface area contributed by atoms with Crippen LogP contribution in [0, 0.1) is 18.3 Å². The molecule has 1 N–H and O–H groups in total. The number of nitrogens with one attached hydrogen (secondary N) is 1. The van der Waals surface area contributed by atoms with Crippen LogP contribution in [0.4, 0.5) is 5.00 Å². The third kappa shape index (κ3) is 5.41. The first-order chi connectivity index (χ1) is 14.5. The Balaban J connectivity index is 1.74. The second kappa shape index (κ2) is 10.9. The molecule has 1 heterocycles. The first kappa shape index (κ1) is 22.8. The summed E-state index contributed by atoms with van der Waals surface area (Å²) in [5.74, 6) is -0.539. The molecule has 7 heteroatoms. The smallest absolute Gasteiger partial charge is 0.348 e. The molecule has 0 aromatic carbocycles. The van der Waals surface area contributed by atoms with E-state index in [0.29, 0.717) is 39.6 Å². The van der Waals surface area contributed by atoms with Gasteiger partial charge in [0.05, 0.1) is 18.7 Å². The number of nitrogens with zero attached hydrogens (tertiary/aromatic N) is 2. The van der Waals surface area contributed by atoms with Gasteiger partial charge in [0.1, 0.15) is 15.9 Å². The van der Waals surface area contributed by atoms with E-state index in [2.05, 4.69) is 16.3 Å². The van der Waals surface area contributed by atoms with E-state index in [1.165, 1.54) is 64.2 Å². The van der Waals surface area contributed by atoms with E-state index in [-0.39, 0.29) is 12.5 Å². The minimum Gasteiger partial charge on any atom is -0.462 e. The highest BCUT2D eigenvalue weighted by Gasteiger charge is 2.31. The zero-order chi connectivity index (χ0) is 21.5. The monoisotopic (exact) mass is 431 g/mol. The van der Waals surface area contributed by atoms with E-state index in [4.69, 9.17) is 4.74 Å². The van der Waals surface area contributed by atoms with Crippen molar-refractivity contribution < 1.29 is 14.3 Å². The van der Waals surface area contributed by atoms with Crippen molar-refractivity contribution in [2.24, 2.45) is 0 Å². The van der Waals surface area contributed by atoms with Crippen LogP contribution >= 0.6 is 11.3 Å². The minimum absolute atomic E-state index is 0.0979. The van der Waals surface area contributed by atoms with E-state index in [9.17, 15) is 14.9 Å². The van der Waals surface area contributed by atoms with Crippen molar-refractivity contribution >= 4 is 28.2 Å². The Kier molecular flexibility index (Phi) is 8.29. The zero-order valence-electron chi connectivity index (χ0n) is 18.2. The molecule has 0 aliphatic heterocycles. The largest absolute Gasteiger partial charge is 0.462 e. The summed E-state index contributed by atoms with van der Waals surface area (Å²) in [6.07, 6.45) is 12.2. The molecule has 6 nitrogen and oxygen atoms in total. The van der Waals surface area contributed by atoms with Crippen LogP contribution in [0.5, 0.6) is 0 Å². The molecule has 1 aromatic heterocycles. The number of anilines is 1. The number of carbonyl (C=O) groups excluding carboxylic acids is 2. The van der Waals surface area contributed by atoms with E-state index in [0.717, 1.165) is 11.3 Å². The van der Waals surface area contributed by atoms with Gasteiger partial charge in [0.15, 0.2) is 0 Å². The number of amides is 1. The lowest BCUT2D eigenvalue weighted by Gasteiger charge is -2.41. The minimum atomic E-state index is -0.442. The third-order valence-electron chi connectivity index (χ3n) is 6.39. The van der Waals surface area contributed by atoms with Gasteiger partial charge in [-0.15, -0.1) is 11.3 Å². The number of esters is 1. The average molecular weight is 432 g/mol. The fraction of sp³-hybridized carbons (Fsp3) is 0.696. The van der Waals surface area contributed by atoms with Crippen molar-refractivity contribution in [1.82, 2.24) is 4.90 Å². The highest BCUT2D eigenvalue weighted by molar-refractivity contribution is 7.18. The normalized spacial score (nSPS) is 18.2. The zero-order valence-corrected chi connectivity index (χ0v) is 19.0. The molecule has 0 spiro atoms. The van der Waals surface area contributed by atoms with Crippen LogP contribution in [-0.4, -0.2) is 42.0 Å². The Hall–Kier alpha value is -1.91. The van der Waals surface area contributed by atoms with E-state index in [1.54, 1.807) is 13.8 Å². The Morgan fingerprint density at radius 3 is 2.17 bits per heavy atom. The molecule has 1 amide bonds. The fourth-order valence-electron chi connectivity index (χ4n) is 4.84. The standard InChI is InChI=1S/C23H33N3O3S/c1-3-29-23(28)21-16(2)19(14-24)22(30-21)25-20(27)15-26(17-10-6-4-7-11-17)18-12-8-5-9-13-18/h17-18H,3-13,15H2,1-2H3,(H,25,27). The number of thiophene rings is 1. The average Bonchev–Trinajstić information content (AvgIpc) is 3.08. The molecular weight excluding hydrogens is 398 g/mol. The summed E-state index contributed by atoms with van der Waals surface area (Å²) in [6, 6.07) is 3.09. The third-order valence-corrected chi connectivity index (χ3v) is 7.57. The SMILES string of the molecule is CCOC(=O)c1sc(NC(=O)CN(C2CCCCC2)C2CCCCC2)c(C#N)c1C. The number of carbonyl (C=O) groups is 2. The van der Waals surface area contributed by atoms with Gasteiger partial charge in [0.25, 0.3) is 0 Å². The van der Waals surface area contributed by atoms with Crippen LogP contribution in [0.1, 0.15) is 91.9 Å². The predicted octanol–water partition coefficient (Wildman–Crippen LogP) is 5.01. The molecule has 2 saturated carbocycles. The Labute approximate surface area is 183 Å². The number of nitriles is 1. The molecular formula is C23H33N3O3S. The molecule has 0 bridgehead atoms. The van der Waals surface area contributed by atoms with Crippen molar-refractivity contribution in [3.8, 4) is 6.07 Å². The van der Waals surface area contributed by atoms with Gasteiger partial charge in [0.2, 0.25) is 5.91 Å². The van der Waals surface area contributed by atoms with Crippen LogP contribution in [0.25, 0.3) is 0 Å².